The lowest BCUT2D eigenvalue weighted by molar-refractivity contribution is -0.122. The number of benzene rings is 2. The maximum absolute atomic E-state index is 12.4. The maximum atomic E-state index is 12.4. The van der Waals surface area contributed by atoms with Gasteiger partial charge in [-0.15, -0.1) is 0 Å². The molecule has 0 heterocycles. The molecule has 0 spiro atoms. The Morgan fingerprint density at radius 1 is 1.04 bits per heavy atom. The molecular weight excluding hydrogens is 290 g/mol. The first kappa shape index (κ1) is 16.9. The van der Waals surface area contributed by atoms with Gasteiger partial charge in [-0.25, -0.2) is 0 Å². The van der Waals surface area contributed by atoms with Crippen LogP contribution in [0.15, 0.2) is 36.4 Å². The van der Waals surface area contributed by atoms with E-state index in [9.17, 15) is 4.79 Å². The van der Waals surface area contributed by atoms with Crippen molar-refractivity contribution in [2.24, 2.45) is 0 Å². The summed E-state index contributed by atoms with van der Waals surface area (Å²) in [5.74, 6) is 1.10. The molecule has 1 atom stereocenters. The van der Waals surface area contributed by atoms with Crippen molar-refractivity contribution in [2.45, 2.75) is 33.8 Å². The molecular formula is C19H23NO3. The first-order valence-electron chi connectivity index (χ1n) is 7.60. The summed E-state index contributed by atoms with van der Waals surface area (Å²) in [6.45, 7) is 7.75. The average molecular weight is 313 g/mol. The second-order valence-electron chi connectivity index (χ2n) is 5.70. The summed E-state index contributed by atoms with van der Waals surface area (Å²) in [5.41, 5.74) is 4.02. The molecule has 0 aliphatic heterocycles. The molecule has 4 heteroatoms. The Bertz CT molecular complexity index is 710. The van der Waals surface area contributed by atoms with Crippen molar-refractivity contribution in [2.75, 3.05) is 12.4 Å². The molecule has 2 aromatic carbocycles. The van der Waals surface area contributed by atoms with Crippen LogP contribution in [0.2, 0.25) is 0 Å². The monoisotopic (exact) mass is 313 g/mol. The van der Waals surface area contributed by atoms with Crippen LogP contribution in [0.5, 0.6) is 11.5 Å². The van der Waals surface area contributed by atoms with E-state index in [1.54, 1.807) is 14.0 Å². The number of ether oxygens (including phenoxy) is 2. The molecule has 0 saturated carbocycles. The van der Waals surface area contributed by atoms with Crippen molar-refractivity contribution < 1.29 is 14.3 Å². The van der Waals surface area contributed by atoms with Crippen molar-refractivity contribution in [1.29, 1.82) is 0 Å². The minimum Gasteiger partial charge on any atom is -0.495 e. The predicted octanol–water partition coefficient (Wildman–Crippen LogP) is 4.03. The number of aryl methyl sites for hydroxylation is 3. The van der Waals surface area contributed by atoms with E-state index in [2.05, 4.69) is 5.32 Å². The zero-order valence-corrected chi connectivity index (χ0v) is 14.3. The highest BCUT2D eigenvalue weighted by atomic mass is 16.5. The van der Waals surface area contributed by atoms with Crippen molar-refractivity contribution in [3.63, 3.8) is 0 Å². The van der Waals surface area contributed by atoms with Crippen molar-refractivity contribution in [3.8, 4) is 11.5 Å². The average Bonchev–Trinajstić information content (AvgIpc) is 2.51. The number of methoxy groups -OCH3 is 1. The Morgan fingerprint density at radius 3 is 2.43 bits per heavy atom. The Hall–Kier alpha value is -2.49. The summed E-state index contributed by atoms with van der Waals surface area (Å²) < 4.78 is 11.0. The van der Waals surface area contributed by atoms with Gasteiger partial charge in [-0.05, 0) is 68.7 Å². The number of carbonyl (C=O) groups excluding carboxylic acids is 1. The molecule has 0 bridgehead atoms. The third-order valence-electron chi connectivity index (χ3n) is 3.77. The summed E-state index contributed by atoms with van der Waals surface area (Å²) in [4.78, 5) is 12.4. The first-order chi connectivity index (χ1) is 10.9. The van der Waals surface area contributed by atoms with Crippen LogP contribution in [0.1, 0.15) is 23.6 Å². The largest absolute Gasteiger partial charge is 0.495 e. The van der Waals surface area contributed by atoms with Crippen LogP contribution in [0.4, 0.5) is 5.69 Å². The molecule has 2 rings (SSSR count). The van der Waals surface area contributed by atoms with Gasteiger partial charge in [0.15, 0.2) is 6.10 Å². The van der Waals surface area contributed by atoms with E-state index in [-0.39, 0.29) is 5.91 Å². The Labute approximate surface area is 137 Å². The quantitative estimate of drug-likeness (QED) is 0.906. The van der Waals surface area contributed by atoms with Crippen LogP contribution >= 0.6 is 0 Å². The number of anilines is 1. The molecule has 2 aromatic rings. The number of carbonyl (C=O) groups is 1. The summed E-state index contributed by atoms with van der Waals surface area (Å²) in [5, 5.41) is 2.86. The van der Waals surface area contributed by atoms with Crippen molar-refractivity contribution >= 4 is 11.6 Å². The summed E-state index contributed by atoms with van der Waals surface area (Å²) in [6.07, 6.45) is -0.609. The third-order valence-corrected chi connectivity index (χ3v) is 3.77. The van der Waals surface area contributed by atoms with Gasteiger partial charge in [-0.2, -0.15) is 0 Å². The van der Waals surface area contributed by atoms with E-state index in [0.717, 1.165) is 11.1 Å². The molecule has 1 amide bonds. The van der Waals surface area contributed by atoms with Gasteiger partial charge < -0.3 is 14.8 Å². The molecule has 0 fully saturated rings. The van der Waals surface area contributed by atoms with E-state index in [1.165, 1.54) is 5.56 Å². The fraction of sp³-hybridized carbons (Fsp3) is 0.316. The van der Waals surface area contributed by atoms with Gasteiger partial charge in [0.25, 0.3) is 5.91 Å². The normalized spacial score (nSPS) is 11.7. The van der Waals surface area contributed by atoms with E-state index < -0.39 is 6.10 Å². The lowest BCUT2D eigenvalue weighted by Crippen LogP contribution is -2.30. The summed E-state index contributed by atoms with van der Waals surface area (Å²) in [6, 6.07) is 11.4. The van der Waals surface area contributed by atoms with Gasteiger partial charge in [-0.3, -0.25) is 4.79 Å². The molecule has 0 aromatic heterocycles. The van der Waals surface area contributed by atoms with Crippen molar-refractivity contribution in [1.82, 2.24) is 0 Å². The van der Waals surface area contributed by atoms with Crippen LogP contribution in [-0.2, 0) is 4.79 Å². The Morgan fingerprint density at radius 2 is 1.78 bits per heavy atom. The number of rotatable bonds is 5. The zero-order valence-electron chi connectivity index (χ0n) is 14.3. The molecule has 1 N–H and O–H groups in total. The van der Waals surface area contributed by atoms with Crippen LogP contribution < -0.4 is 14.8 Å². The van der Waals surface area contributed by atoms with E-state index in [4.69, 9.17) is 9.47 Å². The highest BCUT2D eigenvalue weighted by Crippen LogP contribution is 2.25. The van der Waals surface area contributed by atoms with Gasteiger partial charge in [0.1, 0.15) is 11.5 Å². The lowest BCUT2D eigenvalue weighted by atomic mass is 10.1. The Kier molecular flexibility index (Phi) is 5.27. The number of nitrogens with one attached hydrogen (secondary N) is 1. The van der Waals surface area contributed by atoms with Crippen molar-refractivity contribution in [3.05, 3.63) is 53.1 Å². The lowest BCUT2D eigenvalue weighted by Gasteiger charge is -2.17. The van der Waals surface area contributed by atoms with Crippen LogP contribution in [0.3, 0.4) is 0 Å². The zero-order chi connectivity index (χ0) is 17.0. The fourth-order valence-corrected chi connectivity index (χ4v) is 2.20. The molecule has 0 saturated heterocycles. The fourth-order valence-electron chi connectivity index (χ4n) is 2.20. The van der Waals surface area contributed by atoms with E-state index in [0.29, 0.717) is 17.2 Å². The molecule has 0 aliphatic carbocycles. The topological polar surface area (TPSA) is 47.6 Å². The van der Waals surface area contributed by atoms with Gasteiger partial charge in [0, 0.05) is 0 Å². The number of amides is 1. The number of hydrogen-bond donors (Lipinski definition) is 1. The molecule has 122 valence electrons. The number of hydrogen-bond acceptors (Lipinski definition) is 3. The van der Waals surface area contributed by atoms with Crippen LogP contribution in [0, 0.1) is 20.8 Å². The van der Waals surface area contributed by atoms with E-state index >= 15 is 0 Å². The van der Waals surface area contributed by atoms with Gasteiger partial charge >= 0.3 is 0 Å². The molecule has 0 aliphatic rings. The van der Waals surface area contributed by atoms with Crippen LogP contribution in [0.25, 0.3) is 0 Å². The Balaban J connectivity index is 2.08. The highest BCUT2D eigenvalue weighted by molar-refractivity contribution is 5.95. The minimum absolute atomic E-state index is 0.216. The molecule has 0 radical (unpaired) electrons. The summed E-state index contributed by atoms with van der Waals surface area (Å²) in [7, 11) is 1.58. The summed E-state index contributed by atoms with van der Waals surface area (Å²) >= 11 is 0. The second-order valence-corrected chi connectivity index (χ2v) is 5.70. The predicted molar refractivity (Wildman–Crippen MR) is 92.4 cm³/mol. The third kappa shape index (κ3) is 4.25. The first-order valence-corrected chi connectivity index (χ1v) is 7.60. The SMILES string of the molecule is COc1ccc(C)cc1NC(=O)[C@H](C)Oc1ccc(C)c(C)c1. The molecule has 4 nitrogen and oxygen atoms in total. The van der Waals surface area contributed by atoms with Gasteiger partial charge in [0.2, 0.25) is 0 Å². The molecule has 23 heavy (non-hydrogen) atoms. The van der Waals surface area contributed by atoms with Gasteiger partial charge in [-0.1, -0.05) is 12.1 Å². The maximum Gasteiger partial charge on any atom is 0.265 e. The van der Waals surface area contributed by atoms with E-state index in [1.807, 2.05) is 57.2 Å². The molecule has 0 unspecified atom stereocenters. The van der Waals surface area contributed by atoms with Crippen LogP contribution in [-0.4, -0.2) is 19.1 Å². The second kappa shape index (κ2) is 7.18. The standard InChI is InChI=1S/C19H23NO3/c1-12-6-9-18(22-5)17(10-12)20-19(21)15(4)23-16-8-7-13(2)14(3)11-16/h6-11,15H,1-5H3,(H,20,21)/t15-/m0/s1. The smallest absolute Gasteiger partial charge is 0.265 e. The highest BCUT2D eigenvalue weighted by Gasteiger charge is 2.17. The van der Waals surface area contributed by atoms with Gasteiger partial charge in [0.05, 0.1) is 12.8 Å². The minimum atomic E-state index is -0.609.